The van der Waals surface area contributed by atoms with Crippen LogP contribution in [0.4, 0.5) is 0 Å². The van der Waals surface area contributed by atoms with Gasteiger partial charge in [0.2, 0.25) is 5.91 Å². The molecule has 0 saturated carbocycles. The van der Waals surface area contributed by atoms with Crippen LogP contribution in [0.15, 0.2) is 30.6 Å². The van der Waals surface area contributed by atoms with E-state index in [2.05, 4.69) is 28.1 Å². The largest absolute Gasteiger partial charge is 0.493 e. The van der Waals surface area contributed by atoms with Crippen molar-refractivity contribution in [2.45, 2.75) is 32.2 Å². The lowest BCUT2D eigenvalue weighted by Gasteiger charge is -2.37. The molecule has 2 aliphatic rings. The second kappa shape index (κ2) is 8.57. The highest BCUT2D eigenvalue weighted by Crippen LogP contribution is 2.28. The number of hydrogen-bond donors (Lipinski definition) is 0. The van der Waals surface area contributed by atoms with Crippen LogP contribution in [-0.4, -0.2) is 59.0 Å². The highest BCUT2D eigenvalue weighted by Gasteiger charge is 2.33. The first kappa shape index (κ1) is 20.0. The number of piperidine rings is 1. The quantitative estimate of drug-likeness (QED) is 0.753. The molecule has 29 heavy (non-hydrogen) atoms. The van der Waals surface area contributed by atoms with Crippen LogP contribution in [0.3, 0.4) is 0 Å². The topological polar surface area (TPSA) is 50.6 Å². The molecule has 1 aliphatic carbocycles. The summed E-state index contributed by atoms with van der Waals surface area (Å²) in [7, 11) is 5.70. The zero-order chi connectivity index (χ0) is 20.4. The number of rotatable bonds is 6. The summed E-state index contributed by atoms with van der Waals surface area (Å²) in [5.74, 6) is 2.53. The Balaban J connectivity index is 1.42. The van der Waals surface area contributed by atoms with Gasteiger partial charge in [-0.1, -0.05) is 6.07 Å². The Morgan fingerprint density at radius 1 is 1.24 bits per heavy atom. The fourth-order valence-electron chi connectivity index (χ4n) is 4.70. The van der Waals surface area contributed by atoms with Crippen molar-refractivity contribution in [3.63, 3.8) is 0 Å². The van der Waals surface area contributed by atoms with Crippen LogP contribution in [0, 0.1) is 11.8 Å². The van der Waals surface area contributed by atoms with Crippen LogP contribution in [-0.2, 0) is 31.2 Å². The lowest BCUT2D eigenvalue weighted by molar-refractivity contribution is -0.135. The van der Waals surface area contributed by atoms with Gasteiger partial charge in [-0.3, -0.25) is 9.69 Å². The van der Waals surface area contributed by atoms with Crippen molar-refractivity contribution in [2.24, 2.45) is 18.9 Å². The van der Waals surface area contributed by atoms with E-state index >= 15 is 0 Å². The summed E-state index contributed by atoms with van der Waals surface area (Å²) in [6, 6.07) is 6.52. The molecule has 1 saturated heterocycles. The highest BCUT2D eigenvalue weighted by atomic mass is 16.5. The van der Waals surface area contributed by atoms with E-state index in [1.807, 2.05) is 38.1 Å². The Labute approximate surface area is 173 Å². The molecule has 156 valence electrons. The van der Waals surface area contributed by atoms with Crippen molar-refractivity contribution in [2.75, 3.05) is 33.8 Å². The zero-order valence-electron chi connectivity index (χ0n) is 17.8. The van der Waals surface area contributed by atoms with Crippen molar-refractivity contribution in [3.8, 4) is 5.75 Å². The number of likely N-dealkylation sites (tertiary alicyclic amines) is 1. The zero-order valence-corrected chi connectivity index (χ0v) is 17.8. The Kier molecular flexibility index (Phi) is 5.90. The van der Waals surface area contributed by atoms with E-state index in [9.17, 15) is 4.79 Å². The summed E-state index contributed by atoms with van der Waals surface area (Å²) in [5, 5.41) is 0. The predicted molar refractivity (Wildman–Crippen MR) is 113 cm³/mol. The number of aromatic nitrogens is 2. The Morgan fingerprint density at radius 3 is 2.83 bits per heavy atom. The number of carbonyl (C=O) groups is 1. The molecule has 6 heteroatoms. The van der Waals surface area contributed by atoms with Crippen molar-refractivity contribution in [1.82, 2.24) is 19.4 Å². The van der Waals surface area contributed by atoms with Crippen LogP contribution in [0.1, 0.15) is 29.8 Å². The molecule has 2 atom stereocenters. The second-order valence-corrected chi connectivity index (χ2v) is 8.77. The van der Waals surface area contributed by atoms with Gasteiger partial charge in [0.15, 0.2) is 0 Å². The van der Waals surface area contributed by atoms with E-state index in [4.69, 9.17) is 4.74 Å². The number of imidazole rings is 1. The van der Waals surface area contributed by atoms with Crippen molar-refractivity contribution >= 4 is 5.91 Å². The number of ether oxygens (including phenoxy) is 1. The first-order valence-electron chi connectivity index (χ1n) is 10.6. The van der Waals surface area contributed by atoms with Gasteiger partial charge in [0, 0.05) is 52.5 Å². The van der Waals surface area contributed by atoms with E-state index in [0.717, 1.165) is 44.0 Å². The minimum atomic E-state index is 0.00707. The van der Waals surface area contributed by atoms with Gasteiger partial charge in [0.05, 0.1) is 19.1 Å². The smallest absolute Gasteiger partial charge is 0.226 e. The van der Waals surface area contributed by atoms with E-state index in [-0.39, 0.29) is 11.8 Å². The summed E-state index contributed by atoms with van der Waals surface area (Å²) in [5.41, 5.74) is 2.90. The van der Waals surface area contributed by atoms with E-state index in [0.29, 0.717) is 12.5 Å². The number of carbonyl (C=O) groups excluding carboxylic acids is 1. The van der Waals surface area contributed by atoms with Gasteiger partial charge in [-0.2, -0.15) is 0 Å². The molecular weight excluding hydrogens is 364 g/mol. The summed E-state index contributed by atoms with van der Waals surface area (Å²) in [6.07, 6.45) is 8.27. The Bertz CT molecular complexity index is 860. The molecule has 0 radical (unpaired) electrons. The summed E-state index contributed by atoms with van der Waals surface area (Å²) >= 11 is 0. The van der Waals surface area contributed by atoms with Gasteiger partial charge in [-0.15, -0.1) is 0 Å². The molecule has 1 amide bonds. The molecule has 1 fully saturated rings. The predicted octanol–water partition coefficient (Wildman–Crippen LogP) is 2.51. The van der Waals surface area contributed by atoms with Gasteiger partial charge in [0.25, 0.3) is 0 Å². The van der Waals surface area contributed by atoms with Crippen molar-refractivity contribution < 1.29 is 9.53 Å². The normalized spacial score (nSPS) is 21.8. The molecule has 0 spiro atoms. The third-order valence-electron chi connectivity index (χ3n) is 6.24. The van der Waals surface area contributed by atoms with Crippen molar-refractivity contribution in [1.29, 1.82) is 0 Å². The van der Waals surface area contributed by atoms with Crippen LogP contribution >= 0.6 is 0 Å². The molecule has 0 unspecified atom stereocenters. The van der Waals surface area contributed by atoms with Crippen LogP contribution in [0.2, 0.25) is 0 Å². The van der Waals surface area contributed by atoms with Crippen LogP contribution in [0.25, 0.3) is 0 Å². The van der Waals surface area contributed by atoms with Crippen LogP contribution < -0.4 is 4.74 Å². The van der Waals surface area contributed by atoms with Gasteiger partial charge >= 0.3 is 0 Å². The Hall–Kier alpha value is -2.34. The lowest BCUT2D eigenvalue weighted by Crippen LogP contribution is -2.47. The van der Waals surface area contributed by atoms with Gasteiger partial charge < -0.3 is 14.2 Å². The summed E-state index contributed by atoms with van der Waals surface area (Å²) in [6.45, 7) is 3.11. The molecule has 6 nitrogen and oxygen atoms in total. The van der Waals surface area contributed by atoms with Gasteiger partial charge in [0.1, 0.15) is 11.6 Å². The average molecular weight is 397 g/mol. The first-order valence-corrected chi connectivity index (χ1v) is 10.6. The molecule has 1 aromatic carbocycles. The molecule has 4 rings (SSSR count). The summed E-state index contributed by atoms with van der Waals surface area (Å²) in [4.78, 5) is 21.2. The number of nitrogens with zero attached hydrogens (tertiary/aromatic N) is 4. The fourth-order valence-corrected chi connectivity index (χ4v) is 4.70. The maximum Gasteiger partial charge on any atom is 0.226 e. The minimum Gasteiger partial charge on any atom is -0.493 e. The van der Waals surface area contributed by atoms with E-state index in [1.165, 1.54) is 24.0 Å². The number of hydrogen-bond acceptors (Lipinski definition) is 4. The first-order chi connectivity index (χ1) is 14.0. The fraction of sp³-hybridized carbons (Fsp3) is 0.565. The molecule has 2 aromatic rings. The second-order valence-electron chi connectivity index (χ2n) is 8.77. The average Bonchev–Trinajstić information content (AvgIpc) is 3.34. The van der Waals surface area contributed by atoms with E-state index in [1.54, 1.807) is 4.90 Å². The Morgan fingerprint density at radius 2 is 2.07 bits per heavy atom. The van der Waals surface area contributed by atoms with Crippen molar-refractivity contribution in [3.05, 3.63) is 47.5 Å². The number of fused-ring (bicyclic) bond motifs is 1. The molecule has 0 bridgehead atoms. The maximum absolute atomic E-state index is 12.7. The lowest BCUT2D eigenvalue weighted by atomic mass is 9.88. The molecular formula is C23H32N4O2. The number of amides is 1. The monoisotopic (exact) mass is 396 g/mol. The van der Waals surface area contributed by atoms with Crippen LogP contribution in [0.5, 0.6) is 5.75 Å². The molecule has 1 aromatic heterocycles. The maximum atomic E-state index is 12.7. The third kappa shape index (κ3) is 4.64. The minimum absolute atomic E-state index is 0.00707. The molecule has 1 aliphatic heterocycles. The van der Waals surface area contributed by atoms with E-state index < -0.39 is 0 Å². The SMILES string of the molecule is CN(C)C(=O)[C@@H]1C[C@H](COc2ccc3c(c2)CCC3)CN(Cc2nccn2C)C1. The third-order valence-corrected chi connectivity index (χ3v) is 6.24. The number of benzene rings is 1. The molecule has 0 N–H and O–H groups in total. The highest BCUT2D eigenvalue weighted by molar-refractivity contribution is 5.78. The van der Waals surface area contributed by atoms with Gasteiger partial charge in [-0.05, 0) is 48.9 Å². The standard InChI is InChI=1S/C23H32N4O2/c1-25(2)23(28)20-11-17(13-27(14-20)15-22-24-9-10-26(22)3)16-29-21-8-7-18-5-4-6-19(18)12-21/h7-10,12,17,20H,4-6,11,13-16H2,1-3H3/t17-,20+/m0/s1. The molecule has 2 heterocycles. The summed E-state index contributed by atoms with van der Waals surface area (Å²) < 4.78 is 8.24. The van der Waals surface area contributed by atoms with Gasteiger partial charge in [-0.25, -0.2) is 4.98 Å². The number of aryl methyl sites for hydroxylation is 3.